The van der Waals surface area contributed by atoms with Crippen LogP contribution in [-0.2, 0) is 0 Å². The summed E-state index contributed by atoms with van der Waals surface area (Å²) in [6, 6.07) is 4.93. The topological polar surface area (TPSA) is 12.0 Å². The highest BCUT2D eigenvalue weighted by Gasteiger charge is 2.20. The minimum Gasteiger partial charge on any atom is -0.372 e. The van der Waals surface area contributed by atoms with E-state index < -0.39 is 17.5 Å². The fourth-order valence-corrected chi connectivity index (χ4v) is 2.82. The number of hydrogen-bond donors (Lipinski definition) is 1. The molecule has 0 saturated carbocycles. The Morgan fingerprint density at radius 2 is 1.74 bits per heavy atom. The van der Waals surface area contributed by atoms with Gasteiger partial charge in [0.1, 0.15) is 11.5 Å². The van der Waals surface area contributed by atoms with Gasteiger partial charge in [-0.15, -0.1) is 11.3 Å². The van der Waals surface area contributed by atoms with Crippen molar-refractivity contribution >= 4 is 17.0 Å². The number of benzene rings is 1. The Bertz CT molecular complexity index is 529. The third-order valence-corrected chi connectivity index (χ3v) is 3.78. The molecule has 0 fully saturated rings. The van der Waals surface area contributed by atoms with Gasteiger partial charge in [-0.25, -0.2) is 13.2 Å². The molecule has 1 atom stereocenters. The van der Waals surface area contributed by atoms with E-state index in [0.29, 0.717) is 12.1 Å². The van der Waals surface area contributed by atoms with E-state index in [-0.39, 0.29) is 17.6 Å². The van der Waals surface area contributed by atoms with Crippen LogP contribution in [0.3, 0.4) is 0 Å². The number of anilines is 1. The Kier molecular flexibility index (Phi) is 4.14. The van der Waals surface area contributed by atoms with Crippen molar-refractivity contribution in [3.8, 4) is 0 Å². The van der Waals surface area contributed by atoms with Crippen molar-refractivity contribution in [1.29, 1.82) is 0 Å². The van der Waals surface area contributed by atoms with E-state index in [0.717, 1.165) is 4.88 Å². The minimum atomic E-state index is -0.919. The van der Waals surface area contributed by atoms with Crippen molar-refractivity contribution in [3.05, 3.63) is 52.0 Å². The molecule has 1 N–H and O–H groups in total. The lowest BCUT2D eigenvalue weighted by Gasteiger charge is -2.23. The van der Waals surface area contributed by atoms with Crippen LogP contribution in [0, 0.1) is 23.4 Å². The fourth-order valence-electron chi connectivity index (χ4n) is 1.87. The largest absolute Gasteiger partial charge is 0.372 e. The lowest BCUT2D eigenvalue weighted by Crippen LogP contribution is -2.17. The van der Waals surface area contributed by atoms with Gasteiger partial charge in [0.05, 0.1) is 6.04 Å². The van der Waals surface area contributed by atoms with Crippen molar-refractivity contribution in [2.75, 3.05) is 5.32 Å². The van der Waals surface area contributed by atoms with Crippen LogP contribution in [0.2, 0.25) is 0 Å². The number of halogens is 3. The first kappa shape index (κ1) is 13.9. The van der Waals surface area contributed by atoms with Gasteiger partial charge in [-0.2, -0.15) is 0 Å². The lowest BCUT2D eigenvalue weighted by atomic mass is 10.0. The molecule has 1 unspecified atom stereocenters. The summed E-state index contributed by atoms with van der Waals surface area (Å²) < 4.78 is 40.1. The third kappa shape index (κ3) is 3.10. The molecule has 102 valence electrons. The van der Waals surface area contributed by atoms with Crippen LogP contribution in [0.1, 0.15) is 24.8 Å². The summed E-state index contributed by atoms with van der Waals surface area (Å²) in [5, 5.41) is 4.74. The molecule has 0 spiro atoms. The Morgan fingerprint density at radius 1 is 1.11 bits per heavy atom. The van der Waals surface area contributed by atoms with E-state index >= 15 is 0 Å². The molecule has 1 aromatic heterocycles. The van der Waals surface area contributed by atoms with Crippen molar-refractivity contribution in [3.63, 3.8) is 0 Å². The first-order valence-corrected chi connectivity index (χ1v) is 6.81. The zero-order valence-corrected chi connectivity index (χ0v) is 11.4. The molecule has 0 amide bonds. The first-order valence-electron chi connectivity index (χ1n) is 5.93. The van der Waals surface area contributed by atoms with E-state index in [2.05, 4.69) is 5.32 Å². The van der Waals surface area contributed by atoms with Crippen LogP contribution in [0.25, 0.3) is 0 Å². The molecule has 19 heavy (non-hydrogen) atoms. The zero-order chi connectivity index (χ0) is 14.0. The average Bonchev–Trinajstić information content (AvgIpc) is 2.80. The van der Waals surface area contributed by atoms with Gasteiger partial charge in [-0.05, 0) is 17.4 Å². The molecule has 0 saturated heterocycles. The zero-order valence-electron chi connectivity index (χ0n) is 10.6. The van der Waals surface area contributed by atoms with Crippen LogP contribution < -0.4 is 5.32 Å². The lowest BCUT2D eigenvalue weighted by molar-refractivity contribution is 0.521. The first-order chi connectivity index (χ1) is 8.99. The second-order valence-corrected chi connectivity index (χ2v) is 5.61. The maximum atomic E-state index is 13.6. The molecule has 0 aliphatic carbocycles. The van der Waals surface area contributed by atoms with E-state index in [9.17, 15) is 13.2 Å². The minimum absolute atomic E-state index is 0.141. The quantitative estimate of drug-likeness (QED) is 0.836. The monoisotopic (exact) mass is 285 g/mol. The Balaban J connectivity index is 2.33. The van der Waals surface area contributed by atoms with E-state index in [1.807, 2.05) is 31.4 Å². The molecule has 1 aromatic carbocycles. The molecule has 2 aromatic rings. The summed E-state index contributed by atoms with van der Waals surface area (Å²) >= 11 is 1.51. The summed E-state index contributed by atoms with van der Waals surface area (Å²) in [5.74, 6) is -2.61. The van der Waals surface area contributed by atoms with Gasteiger partial charge in [-0.3, -0.25) is 0 Å². The smallest absolute Gasteiger partial charge is 0.152 e. The standard InChI is InChI=1S/C14H14F3NS/c1-8(2)13(12-4-3-5-19-12)18-14-10(16)6-9(15)7-11(14)17/h3-8,13,18H,1-2H3. The fraction of sp³-hybridized carbons (Fsp3) is 0.286. The molecular formula is C14H14F3NS. The van der Waals surface area contributed by atoms with Gasteiger partial charge in [0.25, 0.3) is 0 Å². The number of rotatable bonds is 4. The van der Waals surface area contributed by atoms with E-state index in [4.69, 9.17) is 0 Å². The van der Waals surface area contributed by atoms with Crippen LogP contribution in [-0.4, -0.2) is 0 Å². The van der Waals surface area contributed by atoms with Gasteiger partial charge in [-0.1, -0.05) is 19.9 Å². The average molecular weight is 285 g/mol. The highest BCUT2D eigenvalue weighted by atomic mass is 32.1. The normalized spacial score (nSPS) is 12.7. The molecule has 0 aliphatic rings. The summed E-state index contributed by atoms with van der Waals surface area (Å²) in [4.78, 5) is 0.984. The maximum Gasteiger partial charge on any atom is 0.152 e. The predicted molar refractivity (Wildman–Crippen MR) is 71.8 cm³/mol. The van der Waals surface area contributed by atoms with Gasteiger partial charge in [0.15, 0.2) is 11.6 Å². The summed E-state index contributed by atoms with van der Waals surface area (Å²) in [6.45, 7) is 3.91. The Morgan fingerprint density at radius 3 is 2.21 bits per heavy atom. The van der Waals surface area contributed by atoms with Crippen molar-refractivity contribution in [1.82, 2.24) is 0 Å². The summed E-state index contributed by atoms with van der Waals surface area (Å²) in [7, 11) is 0. The molecule has 0 bridgehead atoms. The highest BCUT2D eigenvalue weighted by molar-refractivity contribution is 7.10. The number of thiophene rings is 1. The third-order valence-electron chi connectivity index (χ3n) is 2.82. The SMILES string of the molecule is CC(C)C(Nc1c(F)cc(F)cc1F)c1cccs1. The molecule has 0 radical (unpaired) electrons. The Labute approximate surface area is 114 Å². The molecule has 2 rings (SSSR count). The van der Waals surface area contributed by atoms with Crippen molar-refractivity contribution < 1.29 is 13.2 Å². The van der Waals surface area contributed by atoms with Crippen LogP contribution in [0.4, 0.5) is 18.9 Å². The van der Waals surface area contributed by atoms with Crippen molar-refractivity contribution in [2.24, 2.45) is 5.92 Å². The van der Waals surface area contributed by atoms with Gasteiger partial charge < -0.3 is 5.32 Å². The van der Waals surface area contributed by atoms with Gasteiger partial charge >= 0.3 is 0 Å². The molecular weight excluding hydrogens is 271 g/mol. The second kappa shape index (κ2) is 5.65. The Hall–Kier alpha value is -1.49. The van der Waals surface area contributed by atoms with Gasteiger partial charge in [0, 0.05) is 17.0 Å². The van der Waals surface area contributed by atoms with Crippen LogP contribution in [0.5, 0.6) is 0 Å². The summed E-state index contributed by atoms with van der Waals surface area (Å²) in [5.41, 5.74) is -0.284. The maximum absolute atomic E-state index is 13.6. The van der Waals surface area contributed by atoms with Crippen molar-refractivity contribution in [2.45, 2.75) is 19.9 Å². The van der Waals surface area contributed by atoms with E-state index in [1.165, 1.54) is 11.3 Å². The van der Waals surface area contributed by atoms with E-state index in [1.54, 1.807) is 0 Å². The second-order valence-electron chi connectivity index (χ2n) is 4.63. The predicted octanol–water partition coefficient (Wildman–Crippen LogP) is 4.97. The van der Waals surface area contributed by atoms with Crippen LogP contribution >= 0.6 is 11.3 Å². The number of nitrogens with one attached hydrogen (secondary N) is 1. The number of hydrogen-bond acceptors (Lipinski definition) is 2. The molecule has 1 heterocycles. The molecule has 1 nitrogen and oxygen atoms in total. The molecule has 5 heteroatoms. The van der Waals surface area contributed by atoms with Gasteiger partial charge in [0.2, 0.25) is 0 Å². The summed E-state index contributed by atoms with van der Waals surface area (Å²) in [6.07, 6.45) is 0. The molecule has 0 aliphatic heterocycles. The highest BCUT2D eigenvalue weighted by Crippen LogP contribution is 2.32. The van der Waals surface area contributed by atoms with Crippen LogP contribution in [0.15, 0.2) is 29.6 Å².